The number of hydrogen-bond donors (Lipinski definition) is 2. The lowest BCUT2D eigenvalue weighted by Crippen LogP contribution is -2.08. The van der Waals surface area contributed by atoms with E-state index in [1.807, 2.05) is 6.07 Å². The zero-order valence-electron chi connectivity index (χ0n) is 14.1. The lowest BCUT2D eigenvalue weighted by molar-refractivity contribution is -0.383. The predicted molar refractivity (Wildman–Crippen MR) is 93.1 cm³/mol. The van der Waals surface area contributed by atoms with E-state index in [9.17, 15) is 10.1 Å². The molecule has 2 N–H and O–H groups in total. The summed E-state index contributed by atoms with van der Waals surface area (Å²) in [4.78, 5) is 18.9. The summed E-state index contributed by atoms with van der Waals surface area (Å²) in [6.45, 7) is 2.20. The number of nitro groups is 1. The molecule has 3 aromatic rings. The van der Waals surface area contributed by atoms with Crippen LogP contribution in [0.15, 0.2) is 35.1 Å². The van der Waals surface area contributed by atoms with Crippen LogP contribution in [0.25, 0.3) is 0 Å². The monoisotopic (exact) mass is 370 g/mol. The number of hydrogen-bond acceptors (Lipinski definition) is 10. The average molecular weight is 370 g/mol. The Kier molecular flexibility index (Phi) is 4.16. The molecular formula is C16H14N6O5. The van der Waals surface area contributed by atoms with Gasteiger partial charge in [-0.05, 0) is 24.6 Å². The maximum absolute atomic E-state index is 11.6. The van der Waals surface area contributed by atoms with Crippen molar-refractivity contribution in [1.29, 1.82) is 0 Å². The van der Waals surface area contributed by atoms with E-state index in [0.717, 1.165) is 5.56 Å². The summed E-state index contributed by atoms with van der Waals surface area (Å²) in [5.41, 5.74) is 0.563. The molecule has 138 valence electrons. The van der Waals surface area contributed by atoms with Crippen LogP contribution in [0, 0.1) is 17.0 Å². The molecule has 11 heteroatoms. The Bertz CT molecular complexity index is 1000. The zero-order valence-corrected chi connectivity index (χ0v) is 14.1. The fourth-order valence-corrected chi connectivity index (χ4v) is 2.56. The van der Waals surface area contributed by atoms with Gasteiger partial charge in [-0.3, -0.25) is 10.1 Å². The summed E-state index contributed by atoms with van der Waals surface area (Å²) >= 11 is 0. The molecule has 0 radical (unpaired) electrons. The van der Waals surface area contributed by atoms with Crippen molar-refractivity contribution in [3.05, 3.63) is 52.0 Å². The molecule has 4 rings (SSSR count). The molecule has 0 amide bonds. The van der Waals surface area contributed by atoms with Gasteiger partial charge in [-0.15, -0.1) is 0 Å². The number of ether oxygens (including phenoxy) is 2. The van der Waals surface area contributed by atoms with E-state index in [4.69, 9.17) is 14.0 Å². The van der Waals surface area contributed by atoms with Crippen LogP contribution in [0.4, 0.5) is 23.1 Å². The highest BCUT2D eigenvalue weighted by molar-refractivity contribution is 5.72. The molecule has 2 aromatic heterocycles. The van der Waals surface area contributed by atoms with Crippen LogP contribution in [0.1, 0.15) is 11.3 Å². The summed E-state index contributed by atoms with van der Waals surface area (Å²) in [6.07, 6.45) is 1.23. The number of nitrogens with zero attached hydrogens (tertiary/aromatic N) is 4. The van der Waals surface area contributed by atoms with Gasteiger partial charge in [0.05, 0.1) is 4.92 Å². The van der Waals surface area contributed by atoms with Crippen LogP contribution in [0.2, 0.25) is 0 Å². The number of aromatic nitrogens is 3. The number of anilines is 3. The first kappa shape index (κ1) is 16.6. The summed E-state index contributed by atoms with van der Waals surface area (Å²) in [5.74, 6) is 2.27. The highest BCUT2D eigenvalue weighted by Crippen LogP contribution is 2.34. The van der Waals surface area contributed by atoms with Crippen molar-refractivity contribution in [3.8, 4) is 11.5 Å². The molecule has 1 aliphatic rings. The highest BCUT2D eigenvalue weighted by atomic mass is 16.7. The molecule has 3 heterocycles. The first-order valence-electron chi connectivity index (χ1n) is 7.92. The topological polar surface area (TPSA) is 137 Å². The van der Waals surface area contributed by atoms with E-state index in [2.05, 4.69) is 25.8 Å². The van der Waals surface area contributed by atoms with Gasteiger partial charge in [-0.25, -0.2) is 9.97 Å². The molecule has 0 fully saturated rings. The Morgan fingerprint density at radius 1 is 1.19 bits per heavy atom. The van der Waals surface area contributed by atoms with E-state index in [1.54, 1.807) is 25.1 Å². The Balaban J connectivity index is 1.56. The third-order valence-electron chi connectivity index (χ3n) is 3.78. The van der Waals surface area contributed by atoms with Crippen LogP contribution >= 0.6 is 0 Å². The third-order valence-corrected chi connectivity index (χ3v) is 3.78. The third kappa shape index (κ3) is 3.42. The molecule has 0 spiro atoms. The van der Waals surface area contributed by atoms with E-state index < -0.39 is 4.92 Å². The van der Waals surface area contributed by atoms with Gasteiger partial charge in [-0.2, -0.15) is 0 Å². The first-order chi connectivity index (χ1) is 13.1. The van der Waals surface area contributed by atoms with Crippen molar-refractivity contribution in [2.45, 2.75) is 13.5 Å². The molecule has 0 bridgehead atoms. The minimum absolute atomic E-state index is 0.0106. The molecule has 0 saturated heterocycles. The van der Waals surface area contributed by atoms with Gasteiger partial charge in [0, 0.05) is 12.6 Å². The Morgan fingerprint density at radius 2 is 2.00 bits per heavy atom. The number of aryl methyl sites for hydroxylation is 1. The summed E-state index contributed by atoms with van der Waals surface area (Å²) in [6, 6.07) is 7.03. The summed E-state index contributed by atoms with van der Waals surface area (Å²) in [7, 11) is 0. The molecule has 11 nitrogen and oxygen atoms in total. The minimum atomic E-state index is -0.558. The Hall–Kier alpha value is -3.89. The summed E-state index contributed by atoms with van der Waals surface area (Å²) < 4.78 is 15.5. The number of rotatable bonds is 6. The van der Waals surface area contributed by atoms with Crippen LogP contribution in [0.5, 0.6) is 11.5 Å². The van der Waals surface area contributed by atoms with E-state index in [1.165, 1.54) is 6.33 Å². The van der Waals surface area contributed by atoms with Crippen LogP contribution in [-0.2, 0) is 6.54 Å². The first-order valence-corrected chi connectivity index (χ1v) is 7.92. The van der Waals surface area contributed by atoms with Gasteiger partial charge < -0.3 is 24.6 Å². The lowest BCUT2D eigenvalue weighted by Gasteiger charge is -2.09. The second-order valence-corrected chi connectivity index (χ2v) is 5.67. The largest absolute Gasteiger partial charge is 0.454 e. The van der Waals surface area contributed by atoms with Crippen molar-refractivity contribution in [2.75, 3.05) is 17.4 Å². The maximum Gasteiger partial charge on any atom is 0.353 e. The van der Waals surface area contributed by atoms with Crippen molar-refractivity contribution >= 4 is 23.1 Å². The van der Waals surface area contributed by atoms with Crippen molar-refractivity contribution in [2.24, 2.45) is 0 Å². The van der Waals surface area contributed by atoms with E-state index in [-0.39, 0.29) is 24.1 Å². The Morgan fingerprint density at radius 3 is 2.78 bits per heavy atom. The molecular weight excluding hydrogens is 356 g/mol. The molecule has 1 aromatic carbocycles. The van der Waals surface area contributed by atoms with Gasteiger partial charge >= 0.3 is 5.69 Å². The smallest absolute Gasteiger partial charge is 0.353 e. The minimum Gasteiger partial charge on any atom is -0.454 e. The quantitative estimate of drug-likeness (QED) is 0.492. The molecule has 0 saturated carbocycles. The molecule has 0 atom stereocenters. The SMILES string of the molecule is Cc1cc(Nc2ncnc(NCc3ccc4c(c3)OCO4)c2[N+](=O)[O-])no1. The normalized spacial score (nSPS) is 12.0. The molecule has 0 aliphatic carbocycles. The number of fused-ring (bicyclic) bond motifs is 1. The number of nitrogens with one attached hydrogen (secondary N) is 2. The van der Waals surface area contributed by atoms with Gasteiger partial charge in [-0.1, -0.05) is 11.2 Å². The van der Waals surface area contributed by atoms with Crippen molar-refractivity contribution < 1.29 is 18.9 Å². The Labute approximate surface area is 152 Å². The van der Waals surface area contributed by atoms with Gasteiger partial charge in [0.2, 0.25) is 18.4 Å². The van der Waals surface area contributed by atoms with Gasteiger partial charge in [0.1, 0.15) is 12.1 Å². The van der Waals surface area contributed by atoms with E-state index in [0.29, 0.717) is 29.6 Å². The second-order valence-electron chi connectivity index (χ2n) is 5.67. The molecule has 27 heavy (non-hydrogen) atoms. The molecule has 0 unspecified atom stereocenters. The maximum atomic E-state index is 11.6. The summed E-state index contributed by atoms with van der Waals surface area (Å²) in [5, 5.41) is 21.1. The van der Waals surface area contributed by atoms with Crippen LogP contribution < -0.4 is 20.1 Å². The van der Waals surface area contributed by atoms with Gasteiger partial charge in [0.25, 0.3) is 0 Å². The molecule has 1 aliphatic heterocycles. The van der Waals surface area contributed by atoms with Crippen LogP contribution in [0.3, 0.4) is 0 Å². The zero-order chi connectivity index (χ0) is 18.8. The van der Waals surface area contributed by atoms with Crippen LogP contribution in [-0.4, -0.2) is 26.8 Å². The average Bonchev–Trinajstić information content (AvgIpc) is 3.28. The standard InChI is InChI=1S/C16H14N6O5/c1-9-4-13(21-27-9)20-16-14(22(23)24)15(18-7-19-16)17-6-10-2-3-11-12(5-10)26-8-25-11/h2-5,7H,6,8H2,1H3,(H2,17,18,19,20,21). The van der Waals surface area contributed by atoms with E-state index >= 15 is 0 Å². The van der Waals surface area contributed by atoms with Crippen molar-refractivity contribution in [3.63, 3.8) is 0 Å². The van der Waals surface area contributed by atoms with Gasteiger partial charge in [0.15, 0.2) is 17.3 Å². The number of benzene rings is 1. The highest BCUT2D eigenvalue weighted by Gasteiger charge is 2.24. The predicted octanol–water partition coefficient (Wildman–Crippen LogP) is 2.77. The second kappa shape index (κ2) is 6.78. The van der Waals surface area contributed by atoms with Crippen molar-refractivity contribution in [1.82, 2.24) is 15.1 Å². The fourth-order valence-electron chi connectivity index (χ4n) is 2.56. The fraction of sp³-hybridized carbons (Fsp3) is 0.188. The lowest BCUT2D eigenvalue weighted by atomic mass is 10.2.